The summed E-state index contributed by atoms with van der Waals surface area (Å²) in [6, 6.07) is 16.6. The maximum absolute atomic E-state index is 12.9. The minimum atomic E-state index is 0.249. The van der Waals surface area contributed by atoms with Gasteiger partial charge in [-0.05, 0) is 30.7 Å². The quantitative estimate of drug-likeness (QED) is 0.760. The molecule has 2 aliphatic heterocycles. The lowest BCUT2D eigenvalue weighted by atomic mass is 10.1. The third-order valence-corrected chi connectivity index (χ3v) is 6.25. The number of hydrogen-bond acceptors (Lipinski definition) is 5. The maximum Gasteiger partial charge on any atom is 0.236 e. The summed E-state index contributed by atoms with van der Waals surface area (Å²) >= 11 is 0. The summed E-state index contributed by atoms with van der Waals surface area (Å²) in [6.07, 6.45) is 0. The van der Waals surface area contributed by atoms with Gasteiger partial charge in [0.05, 0.1) is 19.3 Å². The van der Waals surface area contributed by atoms with Gasteiger partial charge in [0, 0.05) is 58.0 Å². The molecule has 2 aromatic rings. The Hall–Kier alpha value is -2.73. The SMILES string of the molecule is COc1ccccc1N1CCN(C(=O)CN2CCN(c3ccccc3C)CC2)CC1. The van der Waals surface area contributed by atoms with Crippen molar-refractivity contribution in [1.82, 2.24) is 9.80 Å². The summed E-state index contributed by atoms with van der Waals surface area (Å²) < 4.78 is 5.49. The number of benzene rings is 2. The maximum atomic E-state index is 12.9. The van der Waals surface area contributed by atoms with Crippen LogP contribution in [0, 0.1) is 6.92 Å². The number of amides is 1. The normalized spacial score (nSPS) is 17.9. The van der Waals surface area contributed by atoms with E-state index in [1.165, 1.54) is 11.3 Å². The first kappa shape index (κ1) is 20.5. The van der Waals surface area contributed by atoms with Gasteiger partial charge in [0.2, 0.25) is 5.91 Å². The van der Waals surface area contributed by atoms with Gasteiger partial charge in [-0.2, -0.15) is 0 Å². The second-order valence-electron chi connectivity index (χ2n) is 8.09. The van der Waals surface area contributed by atoms with E-state index in [0.29, 0.717) is 6.54 Å². The number of carbonyl (C=O) groups is 1. The Labute approximate surface area is 179 Å². The molecule has 0 atom stereocenters. The van der Waals surface area contributed by atoms with E-state index in [1.54, 1.807) is 7.11 Å². The molecule has 0 radical (unpaired) electrons. The molecule has 160 valence electrons. The van der Waals surface area contributed by atoms with Crippen LogP contribution in [-0.2, 0) is 4.79 Å². The molecule has 2 aliphatic rings. The van der Waals surface area contributed by atoms with E-state index in [2.05, 4.69) is 52.0 Å². The number of rotatable bonds is 5. The third kappa shape index (κ3) is 4.54. The Morgan fingerprint density at radius 2 is 1.37 bits per heavy atom. The van der Waals surface area contributed by atoms with Crippen LogP contribution in [0.25, 0.3) is 0 Å². The third-order valence-electron chi connectivity index (χ3n) is 6.25. The lowest BCUT2D eigenvalue weighted by molar-refractivity contribution is -0.132. The van der Waals surface area contributed by atoms with Crippen LogP contribution in [0.1, 0.15) is 5.56 Å². The van der Waals surface area contributed by atoms with Gasteiger partial charge < -0.3 is 19.4 Å². The van der Waals surface area contributed by atoms with E-state index >= 15 is 0 Å². The van der Waals surface area contributed by atoms with Crippen LogP contribution in [0.3, 0.4) is 0 Å². The van der Waals surface area contributed by atoms with Gasteiger partial charge in [0.25, 0.3) is 0 Å². The van der Waals surface area contributed by atoms with Gasteiger partial charge in [-0.1, -0.05) is 30.3 Å². The van der Waals surface area contributed by atoms with Gasteiger partial charge in [0.1, 0.15) is 5.75 Å². The molecule has 0 aromatic heterocycles. The van der Waals surface area contributed by atoms with E-state index in [9.17, 15) is 4.79 Å². The predicted molar refractivity (Wildman–Crippen MR) is 122 cm³/mol. The zero-order chi connectivity index (χ0) is 20.9. The standard InChI is InChI=1S/C24H32N4O2/c1-20-7-3-4-8-21(20)26-13-11-25(12-14-26)19-24(29)28-17-15-27(16-18-28)22-9-5-6-10-23(22)30-2/h3-10H,11-19H2,1-2H3. The van der Waals surface area contributed by atoms with Gasteiger partial charge in [-0.25, -0.2) is 0 Å². The van der Waals surface area contributed by atoms with Gasteiger partial charge in [-0.15, -0.1) is 0 Å². The molecule has 0 aliphatic carbocycles. The zero-order valence-corrected chi connectivity index (χ0v) is 18.1. The first-order chi connectivity index (χ1) is 14.7. The number of nitrogens with zero attached hydrogens (tertiary/aromatic N) is 4. The van der Waals surface area contributed by atoms with Crippen LogP contribution in [0.5, 0.6) is 5.75 Å². The predicted octanol–water partition coefficient (Wildman–Crippen LogP) is 2.47. The number of methoxy groups -OCH3 is 1. The summed E-state index contributed by atoms with van der Waals surface area (Å²) in [5.74, 6) is 1.14. The molecular weight excluding hydrogens is 376 g/mol. The van der Waals surface area contributed by atoms with Crippen LogP contribution >= 0.6 is 0 Å². The number of ether oxygens (including phenoxy) is 1. The molecule has 0 bridgehead atoms. The number of para-hydroxylation sites is 3. The monoisotopic (exact) mass is 408 g/mol. The van der Waals surface area contributed by atoms with Crippen LogP contribution in [0.2, 0.25) is 0 Å². The Kier molecular flexibility index (Phi) is 6.43. The molecule has 2 aromatic carbocycles. The molecule has 2 heterocycles. The first-order valence-electron chi connectivity index (χ1n) is 10.8. The zero-order valence-electron chi connectivity index (χ0n) is 18.1. The van der Waals surface area contributed by atoms with Gasteiger partial charge in [-0.3, -0.25) is 9.69 Å². The van der Waals surface area contributed by atoms with Crippen molar-refractivity contribution in [1.29, 1.82) is 0 Å². The van der Waals surface area contributed by atoms with Crippen molar-refractivity contribution in [3.8, 4) is 5.75 Å². The van der Waals surface area contributed by atoms with Gasteiger partial charge in [0.15, 0.2) is 0 Å². The fourth-order valence-corrected chi connectivity index (χ4v) is 4.44. The van der Waals surface area contributed by atoms with Crippen LogP contribution in [0.4, 0.5) is 11.4 Å². The first-order valence-corrected chi connectivity index (χ1v) is 10.8. The van der Waals surface area contributed by atoms with Crippen molar-refractivity contribution in [2.45, 2.75) is 6.92 Å². The summed E-state index contributed by atoms with van der Waals surface area (Å²) in [4.78, 5) is 21.9. The van der Waals surface area contributed by atoms with Crippen molar-refractivity contribution in [3.63, 3.8) is 0 Å². The van der Waals surface area contributed by atoms with Gasteiger partial charge >= 0.3 is 0 Å². The van der Waals surface area contributed by atoms with Crippen molar-refractivity contribution in [3.05, 3.63) is 54.1 Å². The minimum absolute atomic E-state index is 0.249. The van der Waals surface area contributed by atoms with Crippen LogP contribution < -0.4 is 14.5 Å². The van der Waals surface area contributed by atoms with E-state index in [-0.39, 0.29) is 5.91 Å². The second kappa shape index (κ2) is 9.39. The number of piperazine rings is 2. The molecule has 4 rings (SSSR count). The average Bonchev–Trinajstić information content (AvgIpc) is 2.80. The van der Waals surface area contributed by atoms with E-state index in [0.717, 1.165) is 63.8 Å². The molecule has 1 amide bonds. The molecule has 30 heavy (non-hydrogen) atoms. The Bertz CT molecular complexity index is 856. The smallest absolute Gasteiger partial charge is 0.236 e. The molecule has 0 N–H and O–H groups in total. The van der Waals surface area contributed by atoms with Crippen molar-refractivity contribution < 1.29 is 9.53 Å². The molecule has 0 unspecified atom stereocenters. The Balaban J connectivity index is 1.25. The lowest BCUT2D eigenvalue weighted by Gasteiger charge is -2.39. The molecule has 0 spiro atoms. The van der Waals surface area contributed by atoms with E-state index in [4.69, 9.17) is 4.74 Å². The van der Waals surface area contributed by atoms with Crippen molar-refractivity contribution in [2.24, 2.45) is 0 Å². The lowest BCUT2D eigenvalue weighted by Crippen LogP contribution is -2.54. The highest BCUT2D eigenvalue weighted by Crippen LogP contribution is 2.28. The van der Waals surface area contributed by atoms with Crippen molar-refractivity contribution in [2.75, 3.05) is 75.8 Å². The molecular formula is C24H32N4O2. The summed E-state index contributed by atoms with van der Waals surface area (Å²) in [5, 5.41) is 0. The minimum Gasteiger partial charge on any atom is -0.495 e. The largest absolute Gasteiger partial charge is 0.495 e. The highest BCUT2D eigenvalue weighted by molar-refractivity contribution is 5.78. The highest BCUT2D eigenvalue weighted by Gasteiger charge is 2.26. The molecule has 6 heteroatoms. The average molecular weight is 409 g/mol. The Morgan fingerprint density at radius 3 is 2.03 bits per heavy atom. The van der Waals surface area contributed by atoms with E-state index in [1.807, 2.05) is 23.1 Å². The molecule has 0 saturated carbocycles. The summed E-state index contributed by atoms with van der Waals surface area (Å²) in [6.45, 7) is 9.70. The number of anilines is 2. The summed E-state index contributed by atoms with van der Waals surface area (Å²) in [7, 11) is 1.71. The number of hydrogen-bond donors (Lipinski definition) is 0. The molecule has 2 saturated heterocycles. The topological polar surface area (TPSA) is 39.3 Å². The molecule has 2 fully saturated rings. The Morgan fingerprint density at radius 1 is 0.800 bits per heavy atom. The van der Waals surface area contributed by atoms with Crippen molar-refractivity contribution >= 4 is 17.3 Å². The fraction of sp³-hybridized carbons (Fsp3) is 0.458. The number of carbonyl (C=O) groups excluding carboxylic acids is 1. The fourth-order valence-electron chi connectivity index (χ4n) is 4.44. The highest BCUT2D eigenvalue weighted by atomic mass is 16.5. The van der Waals surface area contributed by atoms with E-state index < -0.39 is 0 Å². The number of aryl methyl sites for hydroxylation is 1. The molecule has 6 nitrogen and oxygen atoms in total. The summed E-state index contributed by atoms with van der Waals surface area (Å²) in [5.41, 5.74) is 3.74. The second-order valence-corrected chi connectivity index (χ2v) is 8.09. The van der Waals surface area contributed by atoms with Crippen LogP contribution in [-0.4, -0.2) is 81.7 Å². The van der Waals surface area contributed by atoms with Crippen LogP contribution in [0.15, 0.2) is 48.5 Å².